The van der Waals surface area contributed by atoms with Crippen molar-refractivity contribution in [1.29, 1.82) is 0 Å². The minimum absolute atomic E-state index is 0.0827. The second-order valence-corrected chi connectivity index (χ2v) is 12.5. The van der Waals surface area contributed by atoms with E-state index in [9.17, 15) is 18.0 Å². The molecule has 0 bridgehead atoms. The van der Waals surface area contributed by atoms with Gasteiger partial charge in [-0.3, -0.25) is 13.9 Å². The molecule has 3 rings (SSSR count). The molecule has 0 aliphatic rings. The first kappa shape index (κ1) is 31.2. The van der Waals surface area contributed by atoms with Gasteiger partial charge in [0.1, 0.15) is 18.3 Å². The monoisotopic (exact) mass is 629 g/mol. The van der Waals surface area contributed by atoms with Gasteiger partial charge in [0.05, 0.1) is 19.1 Å². The number of sulfonamides is 1. The summed E-state index contributed by atoms with van der Waals surface area (Å²) < 4.78 is 32.9. The van der Waals surface area contributed by atoms with Gasteiger partial charge in [0.15, 0.2) is 0 Å². The average molecular weight is 631 g/mol. The third-order valence-electron chi connectivity index (χ3n) is 6.55. The van der Waals surface area contributed by atoms with E-state index < -0.39 is 28.5 Å². The van der Waals surface area contributed by atoms with E-state index in [-0.39, 0.29) is 24.9 Å². The molecule has 0 heterocycles. The van der Waals surface area contributed by atoms with Crippen LogP contribution in [0.15, 0.2) is 83.3 Å². The number of anilines is 1. The van der Waals surface area contributed by atoms with Gasteiger partial charge in [-0.2, -0.15) is 0 Å². The number of benzene rings is 3. The number of nitrogens with zero attached hydrogens (tertiary/aromatic N) is 2. The fourth-order valence-corrected chi connectivity index (χ4v) is 5.30. The largest absolute Gasteiger partial charge is 0.497 e. The van der Waals surface area contributed by atoms with Crippen LogP contribution in [-0.4, -0.2) is 57.1 Å². The SMILES string of the molecule is CC[C@H](C)NC(=O)[C@H](Cc1ccccc1)N(Cc1cccc(OC)c1)C(=O)CN(c1ccc(Br)cc1)S(C)(=O)=O. The second kappa shape index (κ2) is 14.3. The molecule has 10 heteroatoms. The summed E-state index contributed by atoms with van der Waals surface area (Å²) in [7, 11) is -2.26. The first-order valence-corrected chi connectivity index (χ1v) is 15.7. The summed E-state index contributed by atoms with van der Waals surface area (Å²) in [5.41, 5.74) is 1.98. The minimum Gasteiger partial charge on any atom is -0.497 e. The summed E-state index contributed by atoms with van der Waals surface area (Å²) in [5, 5.41) is 3.02. The Balaban J connectivity index is 2.06. The summed E-state index contributed by atoms with van der Waals surface area (Å²) in [5.74, 6) is -0.193. The molecule has 0 spiro atoms. The number of halogens is 1. The van der Waals surface area contributed by atoms with E-state index in [1.807, 2.05) is 56.3 Å². The van der Waals surface area contributed by atoms with Gasteiger partial charge in [0.2, 0.25) is 21.8 Å². The summed E-state index contributed by atoms with van der Waals surface area (Å²) in [6, 6.07) is 22.4. The lowest BCUT2D eigenvalue weighted by Gasteiger charge is -2.34. The lowest BCUT2D eigenvalue weighted by molar-refractivity contribution is -0.140. The van der Waals surface area contributed by atoms with Crippen LogP contribution < -0.4 is 14.4 Å². The standard InChI is InChI=1S/C30H36BrN3O5S/c1-5-22(2)32-30(36)28(19-23-10-7-6-8-11-23)33(20-24-12-9-13-27(18-24)39-3)29(35)21-34(40(4,37)38)26-16-14-25(31)15-17-26/h6-18,22,28H,5,19-21H2,1-4H3,(H,32,36)/t22-,28-/m0/s1. The van der Waals surface area contributed by atoms with Gasteiger partial charge in [-0.05, 0) is 60.9 Å². The van der Waals surface area contributed by atoms with E-state index in [0.29, 0.717) is 11.4 Å². The summed E-state index contributed by atoms with van der Waals surface area (Å²) >= 11 is 3.36. The van der Waals surface area contributed by atoms with E-state index >= 15 is 0 Å². The highest BCUT2D eigenvalue weighted by atomic mass is 79.9. The molecule has 1 N–H and O–H groups in total. The van der Waals surface area contributed by atoms with Crippen LogP contribution in [-0.2, 0) is 32.6 Å². The van der Waals surface area contributed by atoms with Crippen LogP contribution >= 0.6 is 15.9 Å². The van der Waals surface area contributed by atoms with Gasteiger partial charge in [0, 0.05) is 23.5 Å². The van der Waals surface area contributed by atoms with Gasteiger partial charge in [-0.25, -0.2) is 8.42 Å². The summed E-state index contributed by atoms with van der Waals surface area (Å²) in [6.45, 7) is 3.49. The molecule has 0 saturated heterocycles. The molecule has 8 nitrogen and oxygen atoms in total. The van der Waals surface area contributed by atoms with Crippen LogP contribution in [0.2, 0.25) is 0 Å². The molecule has 0 radical (unpaired) electrons. The van der Waals surface area contributed by atoms with Crippen molar-refractivity contribution in [1.82, 2.24) is 10.2 Å². The van der Waals surface area contributed by atoms with Gasteiger partial charge in [-0.1, -0.05) is 65.3 Å². The average Bonchev–Trinajstić information content (AvgIpc) is 2.94. The quantitative estimate of drug-likeness (QED) is 0.294. The maximum atomic E-state index is 14.1. The number of nitrogens with one attached hydrogen (secondary N) is 1. The number of rotatable bonds is 13. The van der Waals surface area contributed by atoms with Gasteiger partial charge < -0.3 is 15.0 Å². The zero-order valence-electron chi connectivity index (χ0n) is 23.2. The lowest BCUT2D eigenvalue weighted by Crippen LogP contribution is -2.54. The van der Waals surface area contributed by atoms with E-state index in [1.165, 1.54) is 4.90 Å². The number of ether oxygens (including phenoxy) is 1. The van der Waals surface area contributed by atoms with E-state index in [0.717, 1.165) is 32.6 Å². The molecule has 3 aromatic rings. The predicted octanol–water partition coefficient (Wildman–Crippen LogP) is 4.78. The molecule has 0 saturated carbocycles. The lowest BCUT2D eigenvalue weighted by atomic mass is 10.0. The molecule has 0 aromatic heterocycles. The van der Waals surface area contributed by atoms with Crippen LogP contribution in [0.1, 0.15) is 31.4 Å². The van der Waals surface area contributed by atoms with Crippen molar-refractivity contribution in [2.75, 3.05) is 24.2 Å². The normalized spacial score (nSPS) is 12.7. The Hall–Kier alpha value is -3.37. The van der Waals surface area contributed by atoms with Crippen molar-refractivity contribution in [3.05, 3.63) is 94.5 Å². The Bertz CT molecular complexity index is 1380. The predicted molar refractivity (Wildman–Crippen MR) is 162 cm³/mol. The molecule has 0 aliphatic carbocycles. The molecular formula is C30H36BrN3O5S. The Labute approximate surface area is 245 Å². The van der Waals surface area contributed by atoms with Gasteiger partial charge in [-0.15, -0.1) is 0 Å². The highest BCUT2D eigenvalue weighted by Crippen LogP contribution is 2.23. The Kier molecular flexibility index (Phi) is 11.2. The molecule has 214 valence electrons. The van der Waals surface area contributed by atoms with Crippen molar-refractivity contribution >= 4 is 43.5 Å². The van der Waals surface area contributed by atoms with Crippen LogP contribution in [0.4, 0.5) is 5.69 Å². The molecular weight excluding hydrogens is 594 g/mol. The highest BCUT2D eigenvalue weighted by Gasteiger charge is 2.33. The molecule has 2 atom stereocenters. The summed E-state index contributed by atoms with van der Waals surface area (Å²) in [4.78, 5) is 29.3. The zero-order valence-corrected chi connectivity index (χ0v) is 25.6. The van der Waals surface area contributed by atoms with Crippen molar-refractivity contribution in [2.45, 2.75) is 45.3 Å². The number of carbonyl (C=O) groups excluding carboxylic acids is 2. The van der Waals surface area contributed by atoms with Crippen LogP contribution in [0.25, 0.3) is 0 Å². The molecule has 0 fully saturated rings. The molecule has 2 amide bonds. The zero-order chi connectivity index (χ0) is 29.3. The number of methoxy groups -OCH3 is 1. The minimum atomic E-state index is -3.82. The van der Waals surface area contributed by atoms with Crippen LogP contribution in [0.5, 0.6) is 5.75 Å². The second-order valence-electron chi connectivity index (χ2n) is 9.64. The fraction of sp³-hybridized carbons (Fsp3) is 0.333. The van der Waals surface area contributed by atoms with Crippen molar-refractivity contribution in [3.63, 3.8) is 0 Å². The fourth-order valence-electron chi connectivity index (χ4n) is 4.18. The topological polar surface area (TPSA) is 96.0 Å². The molecule has 0 unspecified atom stereocenters. The van der Waals surface area contributed by atoms with Crippen LogP contribution in [0.3, 0.4) is 0 Å². The maximum Gasteiger partial charge on any atom is 0.244 e. The van der Waals surface area contributed by atoms with Gasteiger partial charge in [0.25, 0.3) is 0 Å². The Morgan fingerprint density at radius 1 is 0.975 bits per heavy atom. The number of carbonyl (C=O) groups is 2. The smallest absolute Gasteiger partial charge is 0.244 e. The highest BCUT2D eigenvalue weighted by molar-refractivity contribution is 9.10. The Morgan fingerprint density at radius 3 is 2.23 bits per heavy atom. The maximum absolute atomic E-state index is 14.1. The van der Waals surface area contributed by atoms with Gasteiger partial charge >= 0.3 is 0 Å². The Morgan fingerprint density at radius 2 is 1.62 bits per heavy atom. The molecule has 40 heavy (non-hydrogen) atoms. The molecule has 3 aromatic carbocycles. The van der Waals surface area contributed by atoms with Crippen molar-refractivity contribution in [3.8, 4) is 5.75 Å². The number of amides is 2. The van der Waals surface area contributed by atoms with Crippen molar-refractivity contribution in [2.24, 2.45) is 0 Å². The van der Waals surface area contributed by atoms with E-state index in [2.05, 4.69) is 21.2 Å². The third kappa shape index (κ3) is 8.82. The summed E-state index contributed by atoms with van der Waals surface area (Å²) in [6.07, 6.45) is 2.04. The van der Waals surface area contributed by atoms with Crippen molar-refractivity contribution < 1.29 is 22.7 Å². The molecule has 0 aliphatic heterocycles. The van der Waals surface area contributed by atoms with E-state index in [1.54, 1.807) is 43.5 Å². The third-order valence-corrected chi connectivity index (χ3v) is 8.22. The first-order valence-electron chi connectivity index (χ1n) is 13.0. The first-order chi connectivity index (χ1) is 19.0. The van der Waals surface area contributed by atoms with Crippen LogP contribution in [0, 0.1) is 0 Å². The number of hydrogen-bond donors (Lipinski definition) is 1. The van der Waals surface area contributed by atoms with E-state index in [4.69, 9.17) is 4.74 Å². The number of hydrogen-bond acceptors (Lipinski definition) is 5.